The molecule has 2 nitrogen and oxygen atoms in total. The number of rotatable bonds is 4. The maximum atomic E-state index is 13.8. The number of Topliss-reactive ketones (excluding diaryl/α,β-unsaturated/α-hetero) is 1. The lowest BCUT2D eigenvalue weighted by Crippen LogP contribution is -2.08. The van der Waals surface area contributed by atoms with Gasteiger partial charge in [0, 0.05) is 20.9 Å². The molecule has 0 radical (unpaired) electrons. The first kappa shape index (κ1) is 15.2. The predicted octanol–water partition coefficient (Wildman–Crippen LogP) is 4.78. The Balaban J connectivity index is 2.35. The Hall–Kier alpha value is -1.20. The van der Waals surface area contributed by atoms with Gasteiger partial charge in [0.15, 0.2) is 5.78 Å². The summed E-state index contributed by atoms with van der Waals surface area (Å²) in [4.78, 5) is 12.3. The van der Waals surface area contributed by atoms with Crippen molar-refractivity contribution in [2.75, 3.05) is 7.11 Å². The van der Waals surface area contributed by atoms with Gasteiger partial charge in [0.05, 0.1) is 12.7 Å². The van der Waals surface area contributed by atoms with E-state index in [9.17, 15) is 9.18 Å². The Bertz CT molecular complexity index is 636. The zero-order chi connectivity index (χ0) is 14.7. The number of ketones is 1. The van der Waals surface area contributed by atoms with Crippen molar-refractivity contribution in [3.05, 3.63) is 62.3 Å². The first-order valence-corrected chi connectivity index (χ1v) is 7.41. The molecule has 2 rings (SSSR count). The highest BCUT2D eigenvalue weighted by atomic mass is 79.9. The fourth-order valence-corrected chi connectivity index (χ4v) is 2.88. The topological polar surface area (TPSA) is 26.3 Å². The van der Waals surface area contributed by atoms with Gasteiger partial charge >= 0.3 is 0 Å². The molecule has 0 atom stereocenters. The molecule has 0 N–H and O–H groups in total. The van der Waals surface area contributed by atoms with Crippen LogP contribution in [0.3, 0.4) is 0 Å². The van der Waals surface area contributed by atoms with Gasteiger partial charge in [-0.3, -0.25) is 4.79 Å². The lowest BCUT2D eigenvalue weighted by Gasteiger charge is -2.10. The summed E-state index contributed by atoms with van der Waals surface area (Å²) in [7, 11) is 1.54. The molecular weight excluding hydrogens is 391 g/mol. The van der Waals surface area contributed by atoms with Crippen molar-refractivity contribution in [3.8, 4) is 5.75 Å². The molecule has 104 valence electrons. The van der Waals surface area contributed by atoms with Crippen molar-refractivity contribution in [2.24, 2.45) is 0 Å². The molecule has 0 aliphatic rings. The summed E-state index contributed by atoms with van der Waals surface area (Å²) in [5.41, 5.74) is 0.775. The van der Waals surface area contributed by atoms with E-state index >= 15 is 0 Å². The quantitative estimate of drug-likeness (QED) is 0.688. The van der Waals surface area contributed by atoms with Gasteiger partial charge in [0.25, 0.3) is 0 Å². The van der Waals surface area contributed by atoms with Gasteiger partial charge in [-0.1, -0.05) is 22.0 Å². The summed E-state index contributed by atoms with van der Waals surface area (Å²) in [5, 5.41) is 0. The maximum absolute atomic E-state index is 13.8. The largest absolute Gasteiger partial charge is 0.496 e. The molecule has 0 heterocycles. The Morgan fingerprint density at radius 3 is 2.65 bits per heavy atom. The Morgan fingerprint density at radius 2 is 2.00 bits per heavy atom. The molecule has 0 aliphatic carbocycles. The van der Waals surface area contributed by atoms with E-state index in [0.29, 0.717) is 15.8 Å². The highest BCUT2D eigenvalue weighted by Gasteiger charge is 2.17. The van der Waals surface area contributed by atoms with Gasteiger partial charge in [0.2, 0.25) is 0 Å². The Morgan fingerprint density at radius 1 is 1.25 bits per heavy atom. The van der Waals surface area contributed by atoms with Crippen LogP contribution in [0.15, 0.2) is 45.3 Å². The second-order valence-electron chi connectivity index (χ2n) is 4.15. The number of carbonyl (C=O) groups excluding carboxylic acids is 1. The highest BCUT2D eigenvalue weighted by Crippen LogP contribution is 2.27. The molecule has 0 saturated carbocycles. The zero-order valence-electron chi connectivity index (χ0n) is 10.6. The van der Waals surface area contributed by atoms with Crippen LogP contribution in [0.25, 0.3) is 0 Å². The van der Waals surface area contributed by atoms with Crippen LogP contribution in [-0.2, 0) is 6.42 Å². The van der Waals surface area contributed by atoms with Gasteiger partial charge in [-0.05, 0) is 46.3 Å². The first-order valence-electron chi connectivity index (χ1n) is 5.82. The van der Waals surface area contributed by atoms with Crippen molar-refractivity contribution in [3.63, 3.8) is 0 Å². The molecule has 0 fully saturated rings. The molecule has 0 aliphatic heterocycles. The van der Waals surface area contributed by atoms with Crippen molar-refractivity contribution in [1.82, 2.24) is 0 Å². The van der Waals surface area contributed by atoms with Crippen molar-refractivity contribution >= 4 is 37.6 Å². The number of benzene rings is 2. The second kappa shape index (κ2) is 6.50. The smallest absolute Gasteiger partial charge is 0.171 e. The average Bonchev–Trinajstić information content (AvgIpc) is 2.38. The van der Waals surface area contributed by atoms with Crippen LogP contribution in [0, 0.1) is 5.82 Å². The molecule has 5 heteroatoms. The van der Waals surface area contributed by atoms with Crippen LogP contribution < -0.4 is 4.74 Å². The summed E-state index contributed by atoms with van der Waals surface area (Å²) in [5.74, 6) is -0.223. The summed E-state index contributed by atoms with van der Waals surface area (Å²) in [6.45, 7) is 0. The standard InChI is InChI=1S/C15H11Br2FO2/c1-20-14-6-5-10(16)7-9(14)8-13(19)15-11(17)3-2-4-12(15)18/h2-7H,8H2,1H3. The minimum Gasteiger partial charge on any atom is -0.496 e. The van der Waals surface area contributed by atoms with Crippen LogP contribution in [0.4, 0.5) is 4.39 Å². The monoisotopic (exact) mass is 400 g/mol. The van der Waals surface area contributed by atoms with Gasteiger partial charge in [-0.25, -0.2) is 4.39 Å². The van der Waals surface area contributed by atoms with Gasteiger partial charge in [0.1, 0.15) is 11.6 Å². The molecular formula is C15H11Br2FO2. The molecule has 0 bridgehead atoms. The second-order valence-corrected chi connectivity index (χ2v) is 5.92. The van der Waals surface area contributed by atoms with Gasteiger partial charge < -0.3 is 4.74 Å². The SMILES string of the molecule is COc1ccc(Br)cc1CC(=O)c1c(F)cccc1Br. The highest BCUT2D eigenvalue weighted by molar-refractivity contribution is 9.10. The third-order valence-corrected chi connectivity index (χ3v) is 3.99. The lowest BCUT2D eigenvalue weighted by atomic mass is 10.0. The first-order chi connectivity index (χ1) is 9.52. The van der Waals surface area contributed by atoms with Crippen LogP contribution >= 0.6 is 31.9 Å². The van der Waals surface area contributed by atoms with Crippen LogP contribution in [0.5, 0.6) is 5.75 Å². The molecule has 2 aromatic rings. The number of methoxy groups -OCH3 is 1. The number of ether oxygens (including phenoxy) is 1. The van der Waals surface area contributed by atoms with E-state index in [0.717, 1.165) is 4.47 Å². The maximum Gasteiger partial charge on any atom is 0.171 e. The fraction of sp³-hybridized carbons (Fsp3) is 0.133. The summed E-state index contributed by atoms with van der Waals surface area (Å²) >= 11 is 6.56. The van der Waals surface area contributed by atoms with Crippen molar-refractivity contribution in [2.45, 2.75) is 6.42 Å². The third-order valence-electron chi connectivity index (χ3n) is 2.84. The molecule has 2 aromatic carbocycles. The number of hydrogen-bond acceptors (Lipinski definition) is 2. The zero-order valence-corrected chi connectivity index (χ0v) is 13.8. The molecule has 20 heavy (non-hydrogen) atoms. The molecule has 0 amide bonds. The van der Waals surface area contributed by atoms with Crippen molar-refractivity contribution < 1.29 is 13.9 Å². The van der Waals surface area contributed by atoms with Crippen LogP contribution in [-0.4, -0.2) is 12.9 Å². The summed E-state index contributed by atoms with van der Waals surface area (Å²) < 4.78 is 20.3. The van der Waals surface area contributed by atoms with E-state index < -0.39 is 5.82 Å². The number of halogens is 3. The van der Waals surface area contributed by atoms with Gasteiger partial charge in [-0.15, -0.1) is 0 Å². The van der Waals surface area contributed by atoms with E-state index in [1.807, 2.05) is 6.07 Å². The van der Waals surface area contributed by atoms with E-state index in [1.54, 1.807) is 24.3 Å². The molecule has 0 unspecified atom stereocenters. The summed E-state index contributed by atoms with van der Waals surface area (Å²) in [6.07, 6.45) is 0.0716. The van der Waals surface area contributed by atoms with Gasteiger partial charge in [-0.2, -0.15) is 0 Å². The number of hydrogen-bond donors (Lipinski definition) is 0. The predicted molar refractivity (Wildman–Crippen MR) is 82.8 cm³/mol. The van der Waals surface area contributed by atoms with Crippen LogP contribution in [0.1, 0.15) is 15.9 Å². The fourth-order valence-electron chi connectivity index (χ4n) is 1.91. The normalized spacial score (nSPS) is 10.4. The van der Waals surface area contributed by atoms with Crippen molar-refractivity contribution in [1.29, 1.82) is 0 Å². The van der Waals surface area contributed by atoms with Crippen LogP contribution in [0.2, 0.25) is 0 Å². The lowest BCUT2D eigenvalue weighted by molar-refractivity contribution is 0.0987. The Kier molecular flexibility index (Phi) is 4.94. The average molecular weight is 402 g/mol. The molecule has 0 aromatic heterocycles. The minimum atomic E-state index is -0.529. The minimum absolute atomic E-state index is 0.0644. The van der Waals surface area contributed by atoms with E-state index in [2.05, 4.69) is 31.9 Å². The molecule has 0 spiro atoms. The number of carbonyl (C=O) groups is 1. The Labute approximate surface area is 133 Å². The third kappa shape index (κ3) is 3.27. The summed E-state index contributed by atoms with van der Waals surface area (Å²) in [6, 6.07) is 9.86. The van der Waals surface area contributed by atoms with E-state index in [4.69, 9.17) is 4.74 Å². The van der Waals surface area contributed by atoms with E-state index in [-0.39, 0.29) is 17.8 Å². The molecule has 0 saturated heterocycles. The van der Waals surface area contributed by atoms with E-state index in [1.165, 1.54) is 13.2 Å².